The van der Waals surface area contributed by atoms with Gasteiger partial charge in [-0.15, -0.1) is 0 Å². The Labute approximate surface area is 106 Å². The van der Waals surface area contributed by atoms with E-state index in [0.29, 0.717) is 0 Å². The smallest absolute Gasteiger partial charge is 0.383 e. The molecule has 10 heteroatoms. The molecule has 0 amide bonds. The van der Waals surface area contributed by atoms with E-state index >= 15 is 0 Å². The summed E-state index contributed by atoms with van der Waals surface area (Å²) in [4.78, 5) is 3.06. The predicted molar refractivity (Wildman–Crippen MR) is 59.5 cm³/mol. The van der Waals surface area contributed by atoms with Crippen LogP contribution in [0.3, 0.4) is 0 Å². The van der Waals surface area contributed by atoms with Crippen molar-refractivity contribution in [2.24, 2.45) is 0 Å². The fourth-order valence-electron chi connectivity index (χ4n) is 1.05. The second-order valence-corrected chi connectivity index (χ2v) is 5.47. The average molecular weight is 304 g/mol. The Morgan fingerprint density at radius 2 is 2.06 bits per heavy atom. The summed E-state index contributed by atoms with van der Waals surface area (Å²) in [6, 6.07) is 1.01. The van der Waals surface area contributed by atoms with Crippen molar-refractivity contribution in [3.8, 4) is 0 Å². The quantitative estimate of drug-likeness (QED) is 0.883. The van der Waals surface area contributed by atoms with E-state index in [-0.39, 0.29) is 10.8 Å². The minimum absolute atomic E-state index is 0.0143. The molecule has 18 heavy (non-hydrogen) atoms. The number of alkyl halides is 3. The second kappa shape index (κ2) is 5.29. The molecule has 0 aliphatic rings. The summed E-state index contributed by atoms with van der Waals surface area (Å²) in [5.74, 6) is -0.334. The van der Waals surface area contributed by atoms with E-state index in [1.54, 1.807) is 4.72 Å². The van der Waals surface area contributed by atoms with Crippen LogP contribution in [-0.2, 0) is 10.0 Å². The number of anilines is 1. The number of pyridine rings is 1. The highest BCUT2D eigenvalue weighted by Gasteiger charge is 2.28. The third kappa shape index (κ3) is 4.31. The van der Waals surface area contributed by atoms with Crippen molar-refractivity contribution < 1.29 is 21.6 Å². The number of nitrogen functional groups attached to an aromatic ring is 1. The Hall–Kier alpha value is -1.06. The second-order valence-electron chi connectivity index (χ2n) is 3.30. The van der Waals surface area contributed by atoms with Gasteiger partial charge in [0.05, 0.1) is 11.4 Å². The van der Waals surface area contributed by atoms with Gasteiger partial charge in [-0.25, -0.2) is 18.1 Å². The maximum absolute atomic E-state index is 11.9. The number of hydrogen-bond acceptors (Lipinski definition) is 4. The average Bonchev–Trinajstić information content (AvgIpc) is 2.19. The van der Waals surface area contributed by atoms with Gasteiger partial charge in [-0.3, -0.25) is 0 Å². The summed E-state index contributed by atoms with van der Waals surface area (Å²) in [7, 11) is -4.16. The molecule has 0 fully saturated rings. The Kier molecular flexibility index (Phi) is 4.41. The molecule has 1 rings (SSSR count). The maximum Gasteiger partial charge on any atom is 0.390 e. The summed E-state index contributed by atoms with van der Waals surface area (Å²) < 4.78 is 60.7. The van der Waals surface area contributed by atoms with E-state index in [1.165, 1.54) is 0 Å². The molecule has 1 aromatic rings. The Morgan fingerprint density at radius 1 is 1.44 bits per heavy atom. The Morgan fingerprint density at radius 3 is 2.61 bits per heavy atom. The summed E-state index contributed by atoms with van der Waals surface area (Å²) in [5.41, 5.74) is 5.32. The molecule has 3 N–H and O–H groups in total. The predicted octanol–water partition coefficient (Wildman–Crippen LogP) is 1.55. The third-order valence-electron chi connectivity index (χ3n) is 1.84. The Balaban J connectivity index is 2.84. The van der Waals surface area contributed by atoms with Crippen molar-refractivity contribution in [3.63, 3.8) is 0 Å². The molecule has 1 aromatic heterocycles. The van der Waals surface area contributed by atoms with Gasteiger partial charge in [-0.05, 0) is 6.07 Å². The fourth-order valence-corrected chi connectivity index (χ4v) is 2.41. The van der Waals surface area contributed by atoms with Crippen LogP contribution in [-0.4, -0.2) is 26.1 Å². The fraction of sp³-hybridized carbons (Fsp3) is 0.375. The van der Waals surface area contributed by atoms with Gasteiger partial charge >= 0.3 is 6.18 Å². The number of hydrogen-bond donors (Lipinski definition) is 2. The standard InChI is InChI=1S/C8H9ClF3N3O2S/c9-5-3-6(7(13)14-4-5)18(16,17)15-2-1-8(10,11)12/h3-4,15H,1-2H2,(H2,13,14). The molecule has 0 aromatic carbocycles. The topological polar surface area (TPSA) is 85.1 Å². The van der Waals surface area contributed by atoms with E-state index < -0.39 is 34.1 Å². The molecule has 1 heterocycles. The van der Waals surface area contributed by atoms with Gasteiger partial charge in [-0.1, -0.05) is 11.6 Å². The lowest BCUT2D eigenvalue weighted by atomic mass is 10.4. The summed E-state index contributed by atoms with van der Waals surface area (Å²) in [6.07, 6.45) is -4.59. The van der Waals surface area contributed by atoms with Crippen LogP contribution < -0.4 is 10.5 Å². The highest BCUT2D eigenvalue weighted by molar-refractivity contribution is 7.89. The molecule has 0 aliphatic carbocycles. The van der Waals surface area contributed by atoms with Gasteiger partial charge in [0, 0.05) is 12.7 Å². The molecular weight excluding hydrogens is 295 g/mol. The lowest BCUT2D eigenvalue weighted by molar-refractivity contribution is -0.132. The van der Waals surface area contributed by atoms with Crippen LogP contribution in [0.15, 0.2) is 17.2 Å². The number of nitrogens with one attached hydrogen (secondary N) is 1. The monoisotopic (exact) mass is 303 g/mol. The largest absolute Gasteiger partial charge is 0.390 e. The molecule has 5 nitrogen and oxygen atoms in total. The zero-order valence-corrected chi connectivity index (χ0v) is 10.4. The number of aromatic nitrogens is 1. The van der Waals surface area contributed by atoms with Crippen molar-refractivity contribution in [1.29, 1.82) is 0 Å². The molecule has 0 atom stereocenters. The highest BCUT2D eigenvalue weighted by atomic mass is 35.5. The van der Waals surface area contributed by atoms with Crippen LogP contribution in [0.2, 0.25) is 5.02 Å². The number of halogens is 4. The maximum atomic E-state index is 11.9. The minimum Gasteiger partial charge on any atom is -0.383 e. The van der Waals surface area contributed by atoms with Gasteiger partial charge in [-0.2, -0.15) is 13.2 Å². The first-order valence-electron chi connectivity index (χ1n) is 4.59. The molecule has 0 spiro atoms. The first-order valence-corrected chi connectivity index (χ1v) is 6.45. The number of nitrogens with zero attached hydrogens (tertiary/aromatic N) is 1. The molecule has 0 saturated carbocycles. The molecule has 102 valence electrons. The van der Waals surface area contributed by atoms with E-state index in [9.17, 15) is 21.6 Å². The van der Waals surface area contributed by atoms with Gasteiger partial charge < -0.3 is 5.73 Å². The van der Waals surface area contributed by atoms with Gasteiger partial charge in [0.15, 0.2) is 0 Å². The molecule has 0 saturated heterocycles. The SMILES string of the molecule is Nc1ncc(Cl)cc1S(=O)(=O)NCCC(F)(F)F. The normalized spacial score (nSPS) is 12.7. The van der Waals surface area contributed by atoms with Crippen LogP contribution in [0.1, 0.15) is 6.42 Å². The number of nitrogens with two attached hydrogens (primary N) is 1. The summed E-state index contributed by atoms with van der Waals surface area (Å²) in [6.45, 7) is -0.780. The molecule has 0 aliphatic heterocycles. The van der Waals surface area contributed by atoms with Gasteiger partial charge in [0.2, 0.25) is 10.0 Å². The lowest BCUT2D eigenvalue weighted by Crippen LogP contribution is -2.28. The zero-order valence-electron chi connectivity index (χ0n) is 8.83. The molecular formula is C8H9ClF3N3O2S. The van der Waals surface area contributed by atoms with Crippen molar-refractivity contribution in [2.75, 3.05) is 12.3 Å². The Bertz CT molecular complexity index is 533. The van der Waals surface area contributed by atoms with Crippen LogP contribution in [0.4, 0.5) is 19.0 Å². The number of rotatable bonds is 4. The van der Waals surface area contributed by atoms with Crippen molar-refractivity contribution in [3.05, 3.63) is 17.3 Å². The zero-order chi connectivity index (χ0) is 14.0. The van der Waals surface area contributed by atoms with Crippen LogP contribution >= 0.6 is 11.6 Å². The molecule has 0 radical (unpaired) electrons. The minimum atomic E-state index is -4.44. The first-order chi connectivity index (χ1) is 8.12. The van der Waals surface area contributed by atoms with Crippen molar-refractivity contribution >= 4 is 27.4 Å². The summed E-state index contributed by atoms with van der Waals surface area (Å²) >= 11 is 5.54. The third-order valence-corrected chi connectivity index (χ3v) is 3.54. The van der Waals surface area contributed by atoms with Crippen LogP contribution in [0, 0.1) is 0 Å². The number of sulfonamides is 1. The van der Waals surface area contributed by atoms with E-state index in [0.717, 1.165) is 12.3 Å². The lowest BCUT2D eigenvalue weighted by Gasteiger charge is -2.10. The van der Waals surface area contributed by atoms with E-state index in [4.69, 9.17) is 17.3 Å². The van der Waals surface area contributed by atoms with Crippen LogP contribution in [0.5, 0.6) is 0 Å². The van der Waals surface area contributed by atoms with E-state index in [1.807, 2.05) is 0 Å². The van der Waals surface area contributed by atoms with Crippen LogP contribution in [0.25, 0.3) is 0 Å². The van der Waals surface area contributed by atoms with E-state index in [2.05, 4.69) is 4.98 Å². The highest BCUT2D eigenvalue weighted by Crippen LogP contribution is 2.21. The van der Waals surface area contributed by atoms with Crippen molar-refractivity contribution in [1.82, 2.24) is 9.71 Å². The van der Waals surface area contributed by atoms with Gasteiger partial charge in [0.1, 0.15) is 10.7 Å². The first kappa shape index (κ1) is 15.0. The molecule has 0 unspecified atom stereocenters. The van der Waals surface area contributed by atoms with Gasteiger partial charge in [0.25, 0.3) is 0 Å². The molecule has 0 bridgehead atoms. The van der Waals surface area contributed by atoms with Crippen molar-refractivity contribution in [2.45, 2.75) is 17.5 Å². The summed E-state index contributed by atoms with van der Waals surface area (Å²) in [5, 5.41) is 0.0143.